The van der Waals surface area contributed by atoms with Crippen LogP contribution in [0.15, 0.2) is 12.1 Å². The van der Waals surface area contributed by atoms with E-state index in [0.717, 1.165) is 24.2 Å². The van der Waals surface area contributed by atoms with Gasteiger partial charge in [0.15, 0.2) is 11.5 Å². The lowest BCUT2D eigenvalue weighted by Crippen LogP contribution is -2.32. The molecule has 0 radical (unpaired) electrons. The fourth-order valence-electron chi connectivity index (χ4n) is 2.05. The molecule has 18 heavy (non-hydrogen) atoms. The van der Waals surface area contributed by atoms with Gasteiger partial charge in [0.1, 0.15) is 11.4 Å². The van der Waals surface area contributed by atoms with Gasteiger partial charge >= 0.3 is 5.97 Å². The van der Waals surface area contributed by atoms with Crippen LogP contribution in [0.1, 0.15) is 32.8 Å². The van der Waals surface area contributed by atoms with Gasteiger partial charge in [-0.15, -0.1) is 0 Å². The Balaban J connectivity index is 2.39. The van der Waals surface area contributed by atoms with Crippen LogP contribution in [0.25, 0.3) is 0 Å². The summed E-state index contributed by atoms with van der Waals surface area (Å²) in [5.74, 6) is 1.41. The molecular formula is C14H18O4. The van der Waals surface area contributed by atoms with Crippen molar-refractivity contribution in [3.8, 4) is 17.2 Å². The fourth-order valence-corrected chi connectivity index (χ4v) is 2.05. The molecule has 0 atom stereocenters. The summed E-state index contributed by atoms with van der Waals surface area (Å²) in [7, 11) is 1.54. The third-order valence-corrected chi connectivity index (χ3v) is 2.98. The van der Waals surface area contributed by atoms with E-state index in [9.17, 15) is 4.79 Å². The average Bonchev–Trinajstić information content (AvgIpc) is 2.27. The number of aryl methyl sites for hydroxylation is 1. The van der Waals surface area contributed by atoms with E-state index in [1.807, 2.05) is 6.07 Å². The molecule has 1 aromatic rings. The molecule has 0 unspecified atom stereocenters. The molecular weight excluding hydrogens is 232 g/mol. The summed E-state index contributed by atoms with van der Waals surface area (Å²) in [5, 5.41) is 0. The lowest BCUT2D eigenvalue weighted by atomic mass is 9.94. The SMILES string of the molecule is COc1cc2c(cc1OC(C)=O)CCC(C)(C)O2. The number of hydrogen-bond acceptors (Lipinski definition) is 4. The van der Waals surface area contributed by atoms with Crippen molar-refractivity contribution in [3.63, 3.8) is 0 Å². The van der Waals surface area contributed by atoms with E-state index in [1.54, 1.807) is 13.2 Å². The highest BCUT2D eigenvalue weighted by molar-refractivity contribution is 5.71. The molecule has 4 nitrogen and oxygen atoms in total. The van der Waals surface area contributed by atoms with Crippen molar-refractivity contribution in [2.75, 3.05) is 7.11 Å². The molecule has 0 fully saturated rings. The van der Waals surface area contributed by atoms with Crippen LogP contribution < -0.4 is 14.2 Å². The average molecular weight is 250 g/mol. The second-order valence-corrected chi connectivity index (χ2v) is 5.07. The highest BCUT2D eigenvalue weighted by Crippen LogP contribution is 2.40. The first-order chi connectivity index (χ1) is 8.41. The van der Waals surface area contributed by atoms with Gasteiger partial charge in [-0.2, -0.15) is 0 Å². The maximum Gasteiger partial charge on any atom is 0.308 e. The maximum absolute atomic E-state index is 11.0. The van der Waals surface area contributed by atoms with Gasteiger partial charge in [0.2, 0.25) is 0 Å². The molecule has 0 N–H and O–H groups in total. The summed E-state index contributed by atoms with van der Waals surface area (Å²) >= 11 is 0. The zero-order valence-corrected chi connectivity index (χ0v) is 11.2. The molecule has 0 aliphatic carbocycles. The maximum atomic E-state index is 11.0. The summed E-state index contributed by atoms with van der Waals surface area (Å²) in [6.07, 6.45) is 1.84. The van der Waals surface area contributed by atoms with Crippen molar-refractivity contribution >= 4 is 5.97 Å². The fraction of sp³-hybridized carbons (Fsp3) is 0.500. The minimum absolute atomic E-state index is 0.166. The van der Waals surface area contributed by atoms with Gasteiger partial charge in [0.25, 0.3) is 0 Å². The Kier molecular flexibility index (Phi) is 3.20. The molecule has 2 rings (SSSR count). The van der Waals surface area contributed by atoms with E-state index in [0.29, 0.717) is 11.5 Å². The molecule has 98 valence electrons. The normalized spacial score (nSPS) is 16.4. The number of ether oxygens (including phenoxy) is 3. The molecule has 1 aromatic carbocycles. The minimum Gasteiger partial charge on any atom is -0.493 e. The molecule has 1 aliphatic heterocycles. The van der Waals surface area contributed by atoms with E-state index < -0.39 is 0 Å². The van der Waals surface area contributed by atoms with Crippen molar-refractivity contribution in [3.05, 3.63) is 17.7 Å². The molecule has 0 bridgehead atoms. The number of fused-ring (bicyclic) bond motifs is 1. The van der Waals surface area contributed by atoms with Gasteiger partial charge in [-0.25, -0.2) is 0 Å². The molecule has 0 saturated heterocycles. The van der Waals surface area contributed by atoms with Crippen LogP contribution in [0, 0.1) is 0 Å². The van der Waals surface area contributed by atoms with Crippen LogP contribution >= 0.6 is 0 Å². The van der Waals surface area contributed by atoms with Gasteiger partial charge in [-0.05, 0) is 38.3 Å². The van der Waals surface area contributed by atoms with E-state index in [1.165, 1.54) is 6.92 Å². The van der Waals surface area contributed by atoms with Crippen molar-refractivity contribution in [1.82, 2.24) is 0 Å². The summed E-state index contributed by atoms with van der Waals surface area (Å²) < 4.78 is 16.3. The Morgan fingerprint density at radius 3 is 2.67 bits per heavy atom. The van der Waals surface area contributed by atoms with Crippen LogP contribution in [-0.4, -0.2) is 18.7 Å². The lowest BCUT2D eigenvalue weighted by Gasteiger charge is -2.33. The smallest absolute Gasteiger partial charge is 0.308 e. The Morgan fingerprint density at radius 1 is 1.33 bits per heavy atom. The number of methoxy groups -OCH3 is 1. The number of rotatable bonds is 2. The molecule has 0 amide bonds. The van der Waals surface area contributed by atoms with E-state index in [-0.39, 0.29) is 11.6 Å². The van der Waals surface area contributed by atoms with Gasteiger partial charge in [-0.3, -0.25) is 4.79 Å². The van der Waals surface area contributed by atoms with Crippen molar-refractivity contribution in [2.45, 2.75) is 39.2 Å². The zero-order chi connectivity index (χ0) is 13.3. The molecule has 1 aliphatic rings. The zero-order valence-electron chi connectivity index (χ0n) is 11.2. The Labute approximate surface area is 107 Å². The van der Waals surface area contributed by atoms with E-state index in [2.05, 4.69) is 13.8 Å². The highest BCUT2D eigenvalue weighted by Gasteiger charge is 2.28. The largest absolute Gasteiger partial charge is 0.493 e. The summed E-state index contributed by atoms with van der Waals surface area (Å²) in [6, 6.07) is 3.61. The Bertz CT molecular complexity index is 477. The van der Waals surface area contributed by atoms with E-state index >= 15 is 0 Å². The van der Waals surface area contributed by atoms with Crippen LogP contribution in [-0.2, 0) is 11.2 Å². The van der Waals surface area contributed by atoms with Crippen molar-refractivity contribution in [1.29, 1.82) is 0 Å². The molecule has 1 heterocycles. The number of benzene rings is 1. The second kappa shape index (κ2) is 4.52. The highest BCUT2D eigenvalue weighted by atomic mass is 16.6. The first kappa shape index (κ1) is 12.7. The lowest BCUT2D eigenvalue weighted by molar-refractivity contribution is -0.132. The summed E-state index contributed by atoms with van der Waals surface area (Å²) in [5.41, 5.74) is 0.882. The molecule has 0 saturated carbocycles. The van der Waals surface area contributed by atoms with Crippen LogP contribution in [0.3, 0.4) is 0 Å². The van der Waals surface area contributed by atoms with Crippen molar-refractivity contribution in [2.24, 2.45) is 0 Å². The number of carbonyl (C=O) groups is 1. The number of esters is 1. The van der Waals surface area contributed by atoms with Gasteiger partial charge in [0.05, 0.1) is 7.11 Å². The first-order valence-electron chi connectivity index (χ1n) is 5.99. The predicted molar refractivity (Wildman–Crippen MR) is 67.3 cm³/mol. The monoisotopic (exact) mass is 250 g/mol. The summed E-state index contributed by atoms with van der Waals surface area (Å²) in [4.78, 5) is 11.0. The van der Waals surface area contributed by atoms with Gasteiger partial charge in [-0.1, -0.05) is 0 Å². The molecule has 0 spiro atoms. The van der Waals surface area contributed by atoms with Crippen LogP contribution in [0.4, 0.5) is 0 Å². The topological polar surface area (TPSA) is 44.8 Å². The van der Waals surface area contributed by atoms with Gasteiger partial charge < -0.3 is 14.2 Å². The Hall–Kier alpha value is -1.71. The predicted octanol–water partition coefficient (Wildman–Crippen LogP) is 2.72. The number of carbonyl (C=O) groups excluding carboxylic acids is 1. The van der Waals surface area contributed by atoms with Crippen molar-refractivity contribution < 1.29 is 19.0 Å². The molecule has 0 aromatic heterocycles. The van der Waals surface area contributed by atoms with E-state index in [4.69, 9.17) is 14.2 Å². The third kappa shape index (κ3) is 2.58. The summed E-state index contributed by atoms with van der Waals surface area (Å²) in [6.45, 7) is 5.49. The van der Waals surface area contributed by atoms with Crippen LogP contribution in [0.5, 0.6) is 17.2 Å². The molecule has 4 heteroatoms. The quantitative estimate of drug-likeness (QED) is 0.598. The third-order valence-electron chi connectivity index (χ3n) is 2.98. The van der Waals surface area contributed by atoms with Crippen LogP contribution in [0.2, 0.25) is 0 Å². The second-order valence-electron chi connectivity index (χ2n) is 5.07. The standard InChI is InChI=1S/C14H18O4/c1-9(15)17-13-7-10-5-6-14(2,3)18-11(10)8-12(13)16-4/h7-8H,5-6H2,1-4H3. The van der Waals surface area contributed by atoms with Gasteiger partial charge in [0, 0.05) is 13.0 Å². The first-order valence-corrected chi connectivity index (χ1v) is 5.99. The number of hydrogen-bond donors (Lipinski definition) is 0. The Morgan fingerprint density at radius 2 is 2.06 bits per heavy atom. The minimum atomic E-state index is -0.356.